The van der Waals surface area contributed by atoms with Gasteiger partial charge in [-0.15, -0.1) is 0 Å². The summed E-state index contributed by atoms with van der Waals surface area (Å²) in [6.45, 7) is 0. The summed E-state index contributed by atoms with van der Waals surface area (Å²) in [6, 6.07) is 1.30. The van der Waals surface area contributed by atoms with Crippen molar-refractivity contribution in [2.75, 3.05) is 0 Å². The van der Waals surface area contributed by atoms with Crippen molar-refractivity contribution in [1.82, 2.24) is 4.98 Å². The van der Waals surface area contributed by atoms with Gasteiger partial charge in [-0.1, -0.05) is 6.07 Å². The van der Waals surface area contributed by atoms with Crippen molar-refractivity contribution >= 4 is 0 Å². The standard InChI is InChI=1S/C8H9F3N2/c9-7-2-1-5(4-13-7)3-6(12)8(10)11/h1-2,4,6,8H,3,12H2. The Balaban J connectivity index is 2.59. The molecule has 0 saturated carbocycles. The van der Waals surface area contributed by atoms with Gasteiger partial charge in [0.2, 0.25) is 5.95 Å². The summed E-state index contributed by atoms with van der Waals surface area (Å²) in [5.41, 5.74) is 5.62. The number of hydrogen-bond donors (Lipinski definition) is 1. The van der Waals surface area contributed by atoms with Gasteiger partial charge in [0.25, 0.3) is 6.43 Å². The minimum absolute atomic E-state index is 0.00491. The molecule has 0 amide bonds. The molecule has 1 aromatic heterocycles. The van der Waals surface area contributed by atoms with Crippen LogP contribution >= 0.6 is 0 Å². The van der Waals surface area contributed by atoms with Crippen LogP contribution in [0.25, 0.3) is 0 Å². The van der Waals surface area contributed by atoms with Crippen LogP contribution < -0.4 is 5.73 Å². The first-order valence-corrected chi connectivity index (χ1v) is 3.74. The van der Waals surface area contributed by atoms with Crippen LogP contribution in [0.5, 0.6) is 0 Å². The van der Waals surface area contributed by atoms with Crippen LogP contribution in [0.1, 0.15) is 5.56 Å². The lowest BCUT2D eigenvalue weighted by atomic mass is 10.1. The molecule has 0 fully saturated rings. The van der Waals surface area contributed by atoms with Gasteiger partial charge in [0.1, 0.15) is 0 Å². The maximum atomic E-state index is 12.3. The van der Waals surface area contributed by atoms with E-state index >= 15 is 0 Å². The first-order chi connectivity index (χ1) is 6.09. The largest absolute Gasteiger partial charge is 0.323 e. The van der Waals surface area contributed by atoms with Gasteiger partial charge in [-0.05, 0) is 18.1 Å². The number of hydrogen-bond acceptors (Lipinski definition) is 2. The number of halogens is 3. The van der Waals surface area contributed by atoms with Gasteiger partial charge in [0, 0.05) is 6.20 Å². The monoisotopic (exact) mass is 190 g/mol. The van der Waals surface area contributed by atoms with E-state index in [2.05, 4.69) is 4.98 Å². The molecule has 1 unspecified atom stereocenters. The van der Waals surface area contributed by atoms with Crippen LogP contribution in [-0.4, -0.2) is 17.5 Å². The van der Waals surface area contributed by atoms with Crippen molar-refractivity contribution in [3.05, 3.63) is 29.8 Å². The first-order valence-electron chi connectivity index (χ1n) is 3.74. The molecule has 0 bridgehead atoms. The third kappa shape index (κ3) is 3.02. The van der Waals surface area contributed by atoms with Gasteiger partial charge in [0.15, 0.2) is 0 Å². The molecule has 2 nitrogen and oxygen atoms in total. The Morgan fingerprint density at radius 1 is 1.38 bits per heavy atom. The number of rotatable bonds is 3. The lowest BCUT2D eigenvalue weighted by Gasteiger charge is -2.09. The second-order valence-electron chi connectivity index (χ2n) is 2.69. The van der Waals surface area contributed by atoms with Gasteiger partial charge in [-0.3, -0.25) is 0 Å². The smallest absolute Gasteiger partial charge is 0.253 e. The predicted octanol–water partition coefficient (Wildman–Crippen LogP) is 1.36. The van der Waals surface area contributed by atoms with E-state index in [1.54, 1.807) is 0 Å². The highest BCUT2D eigenvalue weighted by atomic mass is 19.3. The summed E-state index contributed by atoms with van der Waals surface area (Å²) in [6.07, 6.45) is -1.35. The van der Waals surface area contributed by atoms with Gasteiger partial charge in [-0.2, -0.15) is 4.39 Å². The fourth-order valence-corrected chi connectivity index (χ4v) is 0.888. The number of alkyl halides is 2. The molecule has 2 N–H and O–H groups in total. The van der Waals surface area contributed by atoms with Crippen molar-refractivity contribution in [3.8, 4) is 0 Å². The van der Waals surface area contributed by atoms with E-state index in [9.17, 15) is 13.2 Å². The zero-order valence-electron chi connectivity index (χ0n) is 6.75. The van der Waals surface area contributed by atoms with E-state index < -0.39 is 18.4 Å². The highest BCUT2D eigenvalue weighted by molar-refractivity contribution is 5.10. The fourth-order valence-electron chi connectivity index (χ4n) is 0.888. The summed E-state index contributed by atoms with van der Waals surface area (Å²) in [4.78, 5) is 3.32. The van der Waals surface area contributed by atoms with Gasteiger partial charge in [0.05, 0.1) is 6.04 Å². The quantitative estimate of drug-likeness (QED) is 0.731. The Bertz CT molecular complexity index is 261. The minimum Gasteiger partial charge on any atom is -0.323 e. The summed E-state index contributed by atoms with van der Waals surface area (Å²) < 4.78 is 36.2. The van der Waals surface area contributed by atoms with Gasteiger partial charge in [-0.25, -0.2) is 13.8 Å². The van der Waals surface area contributed by atoms with Crippen molar-refractivity contribution < 1.29 is 13.2 Å². The number of aromatic nitrogens is 1. The molecule has 0 aliphatic carbocycles. The number of pyridine rings is 1. The van der Waals surface area contributed by atoms with Crippen LogP contribution in [0.15, 0.2) is 18.3 Å². The van der Waals surface area contributed by atoms with Crippen molar-refractivity contribution in [2.24, 2.45) is 5.73 Å². The summed E-state index contributed by atoms with van der Waals surface area (Å²) >= 11 is 0. The average molecular weight is 190 g/mol. The second kappa shape index (κ2) is 4.23. The van der Waals surface area contributed by atoms with E-state index in [1.807, 2.05) is 0 Å². The van der Waals surface area contributed by atoms with Crippen molar-refractivity contribution in [3.63, 3.8) is 0 Å². The predicted molar refractivity (Wildman–Crippen MR) is 41.9 cm³/mol. The highest BCUT2D eigenvalue weighted by Crippen LogP contribution is 2.07. The molecule has 13 heavy (non-hydrogen) atoms. The lowest BCUT2D eigenvalue weighted by Crippen LogP contribution is -2.30. The SMILES string of the molecule is NC(Cc1ccc(F)nc1)C(F)F. The molecular weight excluding hydrogens is 181 g/mol. The minimum atomic E-state index is -2.56. The van der Waals surface area contributed by atoms with Crippen LogP contribution in [0.2, 0.25) is 0 Å². The molecule has 1 rings (SSSR count). The molecule has 0 spiro atoms. The molecule has 0 aliphatic heterocycles. The van der Waals surface area contributed by atoms with E-state index in [0.717, 1.165) is 6.07 Å². The Hall–Kier alpha value is -1.10. The molecular formula is C8H9F3N2. The molecule has 0 aromatic carbocycles. The fraction of sp³-hybridized carbons (Fsp3) is 0.375. The maximum Gasteiger partial charge on any atom is 0.253 e. The normalized spacial score (nSPS) is 13.3. The molecule has 5 heteroatoms. The summed E-state index contributed by atoms with van der Waals surface area (Å²) in [7, 11) is 0. The third-order valence-corrected chi connectivity index (χ3v) is 1.58. The molecule has 0 saturated heterocycles. The van der Waals surface area contributed by atoms with E-state index in [1.165, 1.54) is 12.3 Å². The van der Waals surface area contributed by atoms with Gasteiger partial charge >= 0.3 is 0 Å². The Kier molecular flexibility index (Phi) is 3.25. The van der Waals surface area contributed by atoms with Crippen LogP contribution in [-0.2, 0) is 6.42 Å². The molecule has 1 heterocycles. The highest BCUT2D eigenvalue weighted by Gasteiger charge is 2.15. The van der Waals surface area contributed by atoms with Crippen LogP contribution in [0.4, 0.5) is 13.2 Å². The van der Waals surface area contributed by atoms with Crippen molar-refractivity contribution in [1.29, 1.82) is 0 Å². The number of nitrogens with zero attached hydrogens (tertiary/aromatic N) is 1. The van der Waals surface area contributed by atoms with E-state index in [4.69, 9.17) is 5.73 Å². The third-order valence-electron chi connectivity index (χ3n) is 1.58. The topological polar surface area (TPSA) is 38.9 Å². The number of nitrogens with two attached hydrogens (primary N) is 1. The molecule has 1 atom stereocenters. The Morgan fingerprint density at radius 3 is 2.54 bits per heavy atom. The zero-order chi connectivity index (χ0) is 9.84. The van der Waals surface area contributed by atoms with Gasteiger partial charge < -0.3 is 5.73 Å². The molecule has 0 aliphatic rings. The second-order valence-corrected chi connectivity index (χ2v) is 2.69. The molecule has 0 radical (unpaired) electrons. The Morgan fingerprint density at radius 2 is 2.08 bits per heavy atom. The first kappa shape index (κ1) is 9.98. The summed E-state index contributed by atoms with van der Waals surface area (Å²) in [5.74, 6) is -0.630. The molecule has 1 aromatic rings. The lowest BCUT2D eigenvalue weighted by molar-refractivity contribution is 0.116. The Labute approximate surface area is 73.6 Å². The van der Waals surface area contributed by atoms with E-state index in [0.29, 0.717) is 5.56 Å². The molecule has 72 valence electrons. The summed E-state index contributed by atoms with van der Waals surface area (Å²) in [5, 5.41) is 0. The van der Waals surface area contributed by atoms with Crippen LogP contribution in [0.3, 0.4) is 0 Å². The average Bonchev–Trinajstić information content (AvgIpc) is 2.08. The zero-order valence-corrected chi connectivity index (χ0v) is 6.75. The van der Waals surface area contributed by atoms with Crippen molar-refractivity contribution in [2.45, 2.75) is 18.9 Å². The maximum absolute atomic E-state index is 12.3. The van der Waals surface area contributed by atoms with Crippen LogP contribution in [0, 0.1) is 5.95 Å². The van der Waals surface area contributed by atoms with E-state index in [-0.39, 0.29) is 6.42 Å².